The number of Topliss-reactive ketones (excluding diaryl/α,β-unsaturated/α-hetero) is 2. The number of hydrogen-bond donors (Lipinski definition) is 1. The number of benzene rings is 1. The molecule has 5 nitrogen and oxygen atoms in total. The molecule has 1 aromatic rings. The Morgan fingerprint density at radius 3 is 2.35 bits per heavy atom. The van der Waals surface area contributed by atoms with E-state index in [0.29, 0.717) is 17.5 Å². The van der Waals surface area contributed by atoms with Crippen molar-refractivity contribution in [3.63, 3.8) is 0 Å². The first kappa shape index (κ1) is 18.0. The quantitative estimate of drug-likeness (QED) is 0.610. The smallest absolute Gasteiger partial charge is 0.179 e. The molecule has 0 heterocycles. The van der Waals surface area contributed by atoms with Crippen molar-refractivity contribution < 1.29 is 23.1 Å². The summed E-state index contributed by atoms with van der Waals surface area (Å²) in [7, 11) is 0. The van der Waals surface area contributed by atoms with Crippen LogP contribution in [0.3, 0.4) is 0 Å². The maximum Gasteiger partial charge on any atom is 0.179 e. The van der Waals surface area contributed by atoms with Gasteiger partial charge in [-0.25, -0.2) is 4.21 Å². The lowest BCUT2D eigenvalue weighted by atomic mass is 9.82. The molecule has 1 aliphatic rings. The molecule has 0 aromatic heterocycles. The van der Waals surface area contributed by atoms with Gasteiger partial charge in [0.1, 0.15) is 5.94 Å². The molecule has 0 amide bonds. The normalized spacial score (nSPS) is 22.5. The molecule has 6 heteroatoms. The summed E-state index contributed by atoms with van der Waals surface area (Å²) in [6.07, 6.45) is 3.74. The number of ketones is 2. The highest BCUT2D eigenvalue weighted by atomic mass is 32.2. The zero-order valence-electron chi connectivity index (χ0n) is 13.2. The van der Waals surface area contributed by atoms with Gasteiger partial charge in [0.15, 0.2) is 22.6 Å². The third-order valence-electron chi connectivity index (χ3n) is 4.28. The van der Waals surface area contributed by atoms with Crippen LogP contribution in [0, 0.1) is 5.92 Å². The van der Waals surface area contributed by atoms with Gasteiger partial charge in [-0.1, -0.05) is 24.3 Å². The predicted octanol–water partition coefficient (Wildman–Crippen LogP) is 3.22. The van der Waals surface area contributed by atoms with E-state index in [-0.39, 0.29) is 29.5 Å². The van der Waals surface area contributed by atoms with Crippen LogP contribution < -0.4 is 0 Å². The van der Waals surface area contributed by atoms with Crippen molar-refractivity contribution in [1.29, 1.82) is 0 Å². The van der Waals surface area contributed by atoms with Crippen LogP contribution in [0.25, 0.3) is 0 Å². The molecule has 0 bridgehead atoms. The van der Waals surface area contributed by atoms with Crippen molar-refractivity contribution in [3.05, 3.63) is 35.4 Å². The van der Waals surface area contributed by atoms with Crippen LogP contribution in [0.2, 0.25) is 0 Å². The third kappa shape index (κ3) is 5.34. The summed E-state index contributed by atoms with van der Waals surface area (Å²) in [6.45, 7) is 1.47. The second-order valence-corrected chi connectivity index (χ2v) is 6.86. The van der Waals surface area contributed by atoms with Crippen LogP contribution in [0.5, 0.6) is 0 Å². The number of ether oxygens (including phenoxy) is 1. The zero-order chi connectivity index (χ0) is 16.8. The van der Waals surface area contributed by atoms with Crippen molar-refractivity contribution in [1.82, 2.24) is 0 Å². The number of carbonyl (C=O) groups is 2. The molecular weight excluding hydrogens is 316 g/mol. The van der Waals surface area contributed by atoms with E-state index in [1.807, 2.05) is 0 Å². The molecule has 2 rings (SSSR count). The topological polar surface area (TPSA) is 80.7 Å². The lowest BCUT2D eigenvalue weighted by Gasteiger charge is -2.27. The number of rotatable bonds is 7. The average Bonchev–Trinajstić information content (AvgIpc) is 2.54. The van der Waals surface area contributed by atoms with Gasteiger partial charge in [0.25, 0.3) is 0 Å². The summed E-state index contributed by atoms with van der Waals surface area (Å²) < 4.78 is 24.7. The lowest BCUT2D eigenvalue weighted by Crippen LogP contribution is -2.24. The average molecular weight is 338 g/mol. The summed E-state index contributed by atoms with van der Waals surface area (Å²) in [5, 5.41) is 0. The summed E-state index contributed by atoms with van der Waals surface area (Å²) in [5.74, 6) is 0.0435. The van der Waals surface area contributed by atoms with Gasteiger partial charge < -0.3 is 9.29 Å². The molecule has 1 aliphatic carbocycles. The van der Waals surface area contributed by atoms with E-state index in [0.717, 1.165) is 25.7 Å². The van der Waals surface area contributed by atoms with Gasteiger partial charge in [0.2, 0.25) is 0 Å². The van der Waals surface area contributed by atoms with Crippen molar-refractivity contribution in [2.75, 3.05) is 5.94 Å². The highest BCUT2D eigenvalue weighted by Gasteiger charge is 2.25. The molecule has 0 saturated heterocycles. The minimum absolute atomic E-state index is 0.00181. The lowest BCUT2D eigenvalue weighted by molar-refractivity contribution is 0.0419. The molecule has 0 aliphatic heterocycles. The Morgan fingerprint density at radius 2 is 1.78 bits per heavy atom. The highest BCUT2D eigenvalue weighted by molar-refractivity contribution is 7.79. The molecule has 1 unspecified atom stereocenters. The van der Waals surface area contributed by atoms with Crippen molar-refractivity contribution in [2.45, 2.75) is 45.1 Å². The van der Waals surface area contributed by atoms with Crippen LogP contribution in [-0.2, 0) is 15.8 Å². The molecule has 1 fully saturated rings. The molecule has 126 valence electrons. The van der Waals surface area contributed by atoms with Crippen LogP contribution in [0.1, 0.15) is 59.7 Å². The largest absolute Gasteiger partial charge is 0.362 e. The molecule has 0 spiro atoms. The van der Waals surface area contributed by atoms with Gasteiger partial charge in [0.05, 0.1) is 6.10 Å². The fourth-order valence-electron chi connectivity index (χ4n) is 3.06. The Bertz CT molecular complexity index is 590. The SMILES string of the molecule is CC(=O)c1ccccc1C(=O)CC1CCC(OCS(=O)O)CC1. The Balaban J connectivity index is 1.88. The first-order chi connectivity index (χ1) is 11.0. The molecular formula is C17H22O5S. The summed E-state index contributed by atoms with van der Waals surface area (Å²) in [5.41, 5.74) is 0.994. The van der Waals surface area contributed by atoms with E-state index in [9.17, 15) is 13.8 Å². The molecule has 1 atom stereocenters. The van der Waals surface area contributed by atoms with Crippen molar-refractivity contribution in [2.24, 2.45) is 5.92 Å². The zero-order valence-corrected chi connectivity index (χ0v) is 14.0. The second kappa shape index (κ2) is 8.47. The Kier molecular flexibility index (Phi) is 6.62. The predicted molar refractivity (Wildman–Crippen MR) is 87.9 cm³/mol. The highest BCUT2D eigenvalue weighted by Crippen LogP contribution is 2.30. The Morgan fingerprint density at radius 1 is 1.17 bits per heavy atom. The van der Waals surface area contributed by atoms with Crippen LogP contribution in [-0.4, -0.2) is 32.4 Å². The molecule has 1 aromatic carbocycles. The fraction of sp³-hybridized carbons (Fsp3) is 0.529. The first-order valence-corrected chi connectivity index (χ1v) is 9.07. The third-order valence-corrected chi connectivity index (χ3v) is 4.62. The molecule has 1 saturated carbocycles. The van der Waals surface area contributed by atoms with Gasteiger partial charge in [0, 0.05) is 17.5 Å². The Labute approximate surface area is 138 Å². The number of hydrogen-bond acceptors (Lipinski definition) is 4. The number of carbonyl (C=O) groups excluding carboxylic acids is 2. The van der Waals surface area contributed by atoms with E-state index >= 15 is 0 Å². The summed E-state index contributed by atoms with van der Waals surface area (Å²) in [6, 6.07) is 6.94. The van der Waals surface area contributed by atoms with Crippen molar-refractivity contribution >= 4 is 22.6 Å². The van der Waals surface area contributed by atoms with E-state index in [4.69, 9.17) is 9.29 Å². The minimum atomic E-state index is -1.93. The van der Waals surface area contributed by atoms with Crippen LogP contribution >= 0.6 is 0 Å². The van der Waals surface area contributed by atoms with E-state index < -0.39 is 11.1 Å². The fourth-order valence-corrected chi connectivity index (χ4v) is 3.37. The van der Waals surface area contributed by atoms with Crippen LogP contribution in [0.15, 0.2) is 24.3 Å². The second-order valence-electron chi connectivity index (χ2n) is 5.98. The van der Waals surface area contributed by atoms with Gasteiger partial charge in [-0.05, 0) is 38.5 Å². The minimum Gasteiger partial charge on any atom is -0.362 e. The van der Waals surface area contributed by atoms with E-state index in [1.54, 1.807) is 24.3 Å². The van der Waals surface area contributed by atoms with Gasteiger partial charge >= 0.3 is 0 Å². The van der Waals surface area contributed by atoms with Gasteiger partial charge in [-0.3, -0.25) is 9.59 Å². The molecule has 23 heavy (non-hydrogen) atoms. The van der Waals surface area contributed by atoms with Crippen LogP contribution in [0.4, 0.5) is 0 Å². The standard InChI is InChI=1S/C17H22O5S/c1-12(18)15-4-2-3-5-16(15)17(19)10-13-6-8-14(9-7-13)22-11-23(20)21/h2-5,13-14H,6-11H2,1H3,(H,20,21). The van der Waals surface area contributed by atoms with Gasteiger partial charge in [-0.15, -0.1) is 0 Å². The maximum absolute atomic E-state index is 12.5. The Hall–Kier alpha value is -1.37. The molecule has 0 radical (unpaired) electrons. The summed E-state index contributed by atoms with van der Waals surface area (Å²) >= 11 is -1.93. The van der Waals surface area contributed by atoms with Crippen molar-refractivity contribution in [3.8, 4) is 0 Å². The van der Waals surface area contributed by atoms with Gasteiger partial charge in [-0.2, -0.15) is 0 Å². The van der Waals surface area contributed by atoms with E-state index in [1.165, 1.54) is 6.92 Å². The van der Waals surface area contributed by atoms with E-state index in [2.05, 4.69) is 0 Å². The first-order valence-electron chi connectivity index (χ1n) is 7.79. The maximum atomic E-state index is 12.5. The monoisotopic (exact) mass is 338 g/mol. The summed E-state index contributed by atoms with van der Waals surface area (Å²) in [4.78, 5) is 24.1. The molecule has 1 N–H and O–H groups in total.